The largest absolute Gasteiger partial charge is 0.310 e. The van der Waals surface area contributed by atoms with Crippen molar-refractivity contribution in [3.8, 4) is 27.9 Å². The van der Waals surface area contributed by atoms with Crippen molar-refractivity contribution in [2.45, 2.75) is 19.3 Å². The van der Waals surface area contributed by atoms with Gasteiger partial charge in [-0.2, -0.15) is 0 Å². The van der Waals surface area contributed by atoms with Gasteiger partial charge in [0.25, 0.3) is 0 Å². The first-order valence-corrected chi connectivity index (χ1v) is 17.8. The first-order chi connectivity index (χ1) is 25.1. The van der Waals surface area contributed by atoms with Gasteiger partial charge in [0, 0.05) is 38.6 Å². The topological polar surface area (TPSA) is 8.17 Å². The van der Waals surface area contributed by atoms with Crippen LogP contribution in [0.3, 0.4) is 0 Å². The maximum absolute atomic E-state index is 2.43. The van der Waals surface area contributed by atoms with Crippen LogP contribution in [0.4, 0.5) is 17.1 Å². The molecular formula is C49H36N2. The molecule has 1 heterocycles. The molecule has 0 radical (unpaired) electrons. The lowest BCUT2D eigenvalue weighted by Gasteiger charge is -2.28. The zero-order valence-corrected chi connectivity index (χ0v) is 28.7. The van der Waals surface area contributed by atoms with Gasteiger partial charge in [-0.05, 0) is 99.4 Å². The van der Waals surface area contributed by atoms with E-state index < -0.39 is 0 Å². The number of hydrogen-bond donors (Lipinski definition) is 0. The van der Waals surface area contributed by atoms with Crippen LogP contribution in [0.2, 0.25) is 0 Å². The molecule has 0 saturated heterocycles. The molecule has 0 unspecified atom stereocenters. The van der Waals surface area contributed by atoms with E-state index in [2.05, 4.69) is 205 Å². The van der Waals surface area contributed by atoms with Gasteiger partial charge in [0.1, 0.15) is 0 Å². The van der Waals surface area contributed by atoms with E-state index in [0.29, 0.717) is 0 Å². The Labute approximate surface area is 298 Å². The summed E-state index contributed by atoms with van der Waals surface area (Å²) in [4.78, 5) is 2.43. The van der Waals surface area contributed by atoms with Gasteiger partial charge >= 0.3 is 0 Å². The first-order valence-electron chi connectivity index (χ1n) is 17.8. The Hall–Kier alpha value is -6.38. The highest BCUT2D eigenvalue weighted by Crippen LogP contribution is 2.51. The average Bonchev–Trinajstić information content (AvgIpc) is 3.64. The van der Waals surface area contributed by atoms with Crippen molar-refractivity contribution in [3.63, 3.8) is 0 Å². The Morgan fingerprint density at radius 3 is 1.88 bits per heavy atom. The molecule has 242 valence electrons. The molecule has 0 amide bonds. The van der Waals surface area contributed by atoms with Gasteiger partial charge in [-0.1, -0.05) is 135 Å². The van der Waals surface area contributed by atoms with E-state index in [9.17, 15) is 0 Å². The summed E-state index contributed by atoms with van der Waals surface area (Å²) in [6.45, 7) is 4.69. The van der Waals surface area contributed by atoms with Gasteiger partial charge in [-0.15, -0.1) is 0 Å². The highest BCUT2D eigenvalue weighted by Gasteiger charge is 2.35. The molecule has 0 spiro atoms. The van der Waals surface area contributed by atoms with Crippen LogP contribution in [0.1, 0.15) is 25.0 Å². The summed E-state index contributed by atoms with van der Waals surface area (Å²) in [6.07, 6.45) is 0. The van der Waals surface area contributed by atoms with E-state index in [1.807, 2.05) is 0 Å². The first kappa shape index (κ1) is 29.5. The maximum atomic E-state index is 2.43. The Morgan fingerprint density at radius 2 is 1.06 bits per heavy atom. The van der Waals surface area contributed by atoms with Crippen molar-refractivity contribution < 1.29 is 0 Å². The third-order valence-corrected chi connectivity index (χ3v) is 11.0. The monoisotopic (exact) mass is 652 g/mol. The zero-order valence-electron chi connectivity index (χ0n) is 28.7. The van der Waals surface area contributed by atoms with Crippen LogP contribution in [-0.2, 0) is 5.41 Å². The second kappa shape index (κ2) is 11.3. The molecular weight excluding hydrogens is 617 g/mol. The second-order valence-electron chi connectivity index (χ2n) is 14.2. The number of para-hydroxylation sites is 3. The maximum Gasteiger partial charge on any atom is 0.0541 e. The lowest BCUT2D eigenvalue weighted by molar-refractivity contribution is 0.660. The van der Waals surface area contributed by atoms with E-state index in [-0.39, 0.29) is 5.41 Å². The third-order valence-electron chi connectivity index (χ3n) is 11.0. The Bertz CT molecular complexity index is 2770. The lowest BCUT2D eigenvalue weighted by Crippen LogP contribution is -2.15. The fraction of sp³-hybridized carbons (Fsp3) is 0.0612. The van der Waals surface area contributed by atoms with Crippen molar-refractivity contribution in [2.24, 2.45) is 0 Å². The van der Waals surface area contributed by atoms with Crippen molar-refractivity contribution in [3.05, 3.63) is 193 Å². The molecule has 8 aromatic carbocycles. The summed E-state index contributed by atoms with van der Waals surface area (Å²) in [7, 11) is 0. The highest BCUT2D eigenvalue weighted by atomic mass is 15.1. The summed E-state index contributed by atoms with van der Waals surface area (Å²) in [6, 6.07) is 66.6. The zero-order chi connectivity index (χ0) is 34.1. The number of rotatable bonds is 5. The van der Waals surface area contributed by atoms with Crippen LogP contribution in [0.25, 0.3) is 60.5 Å². The van der Waals surface area contributed by atoms with Gasteiger partial charge in [0.15, 0.2) is 0 Å². The molecule has 2 nitrogen and oxygen atoms in total. The van der Waals surface area contributed by atoms with E-state index >= 15 is 0 Å². The van der Waals surface area contributed by atoms with Gasteiger partial charge in [-0.3, -0.25) is 0 Å². The molecule has 0 saturated carbocycles. The molecule has 2 heteroatoms. The molecule has 1 aliphatic carbocycles. The van der Waals surface area contributed by atoms with E-state index in [1.54, 1.807) is 0 Å². The molecule has 51 heavy (non-hydrogen) atoms. The van der Waals surface area contributed by atoms with Crippen LogP contribution in [0.5, 0.6) is 0 Å². The molecule has 1 aliphatic rings. The summed E-state index contributed by atoms with van der Waals surface area (Å²) < 4.78 is 2.38. The Kier molecular flexibility index (Phi) is 6.56. The number of anilines is 3. The number of benzene rings is 8. The van der Waals surface area contributed by atoms with Crippen LogP contribution in [-0.4, -0.2) is 4.57 Å². The van der Waals surface area contributed by atoms with E-state index in [4.69, 9.17) is 0 Å². The summed E-state index contributed by atoms with van der Waals surface area (Å²) >= 11 is 0. The smallest absolute Gasteiger partial charge is 0.0541 e. The Morgan fingerprint density at radius 1 is 0.412 bits per heavy atom. The van der Waals surface area contributed by atoms with Crippen LogP contribution in [0.15, 0.2) is 182 Å². The molecule has 0 fully saturated rings. The SMILES string of the molecule is CC1(C)c2ccccc2-c2cc(N(c3ccccc3)c3ccc(-c4ccc5c(c4)c4ccccc4n5-c4ccccc4)c4ccccc34)ccc21. The van der Waals surface area contributed by atoms with Gasteiger partial charge in [0.2, 0.25) is 0 Å². The molecule has 0 bridgehead atoms. The quantitative estimate of drug-likeness (QED) is 0.180. The van der Waals surface area contributed by atoms with E-state index in [1.165, 1.54) is 71.6 Å². The predicted octanol–water partition coefficient (Wildman–Crippen LogP) is 13.4. The minimum absolute atomic E-state index is 0.0368. The normalized spacial score (nSPS) is 13.1. The fourth-order valence-electron chi connectivity index (χ4n) is 8.58. The number of aromatic nitrogens is 1. The van der Waals surface area contributed by atoms with Crippen molar-refractivity contribution in [1.29, 1.82) is 0 Å². The van der Waals surface area contributed by atoms with Crippen molar-refractivity contribution >= 4 is 49.6 Å². The van der Waals surface area contributed by atoms with Gasteiger partial charge in [0.05, 0.1) is 16.7 Å². The summed E-state index contributed by atoms with van der Waals surface area (Å²) in [5.74, 6) is 0. The molecule has 0 aliphatic heterocycles. The number of fused-ring (bicyclic) bond motifs is 7. The minimum Gasteiger partial charge on any atom is -0.310 e. The summed E-state index contributed by atoms with van der Waals surface area (Å²) in [5.41, 5.74) is 14.9. The molecule has 1 aromatic heterocycles. The van der Waals surface area contributed by atoms with Crippen molar-refractivity contribution in [1.82, 2.24) is 4.57 Å². The lowest BCUT2D eigenvalue weighted by atomic mass is 9.82. The number of nitrogens with zero attached hydrogens (tertiary/aromatic N) is 2. The highest BCUT2D eigenvalue weighted by molar-refractivity contribution is 6.12. The predicted molar refractivity (Wildman–Crippen MR) is 216 cm³/mol. The van der Waals surface area contributed by atoms with Crippen LogP contribution >= 0.6 is 0 Å². The standard InChI is InChI=1S/C49H36N2/c1-49(2)44-23-13-11-20-39(44)42-32-36(26-28-45(42)49)50(34-15-5-3-6-16-34)47-30-27-37(38-19-9-10-21-40(38)47)33-25-29-48-43(31-33)41-22-12-14-24-46(41)51(48)35-17-7-4-8-18-35/h3-32H,1-2H3. The Balaban J connectivity index is 1.16. The van der Waals surface area contributed by atoms with Crippen LogP contribution < -0.4 is 4.90 Å². The summed E-state index contributed by atoms with van der Waals surface area (Å²) in [5, 5.41) is 4.96. The molecule has 0 N–H and O–H groups in total. The minimum atomic E-state index is -0.0368. The molecule has 9 aromatic rings. The molecule has 10 rings (SSSR count). The second-order valence-corrected chi connectivity index (χ2v) is 14.2. The fourth-order valence-corrected chi connectivity index (χ4v) is 8.58. The molecule has 0 atom stereocenters. The van der Waals surface area contributed by atoms with Crippen LogP contribution in [0, 0.1) is 0 Å². The third kappa shape index (κ3) is 4.50. The average molecular weight is 653 g/mol. The van der Waals surface area contributed by atoms with Gasteiger partial charge in [-0.25, -0.2) is 0 Å². The van der Waals surface area contributed by atoms with Gasteiger partial charge < -0.3 is 9.47 Å². The number of hydrogen-bond acceptors (Lipinski definition) is 1. The van der Waals surface area contributed by atoms with E-state index in [0.717, 1.165) is 17.1 Å². The van der Waals surface area contributed by atoms with Crippen molar-refractivity contribution in [2.75, 3.05) is 4.90 Å².